The summed E-state index contributed by atoms with van der Waals surface area (Å²) in [6.45, 7) is 1.89. The Bertz CT molecular complexity index is 692. The second-order valence-electron chi connectivity index (χ2n) is 6.47. The Morgan fingerprint density at radius 2 is 1.80 bits per heavy atom. The molecule has 0 saturated carbocycles. The lowest BCUT2D eigenvalue weighted by Crippen LogP contribution is -2.48. The molecule has 3 rings (SSSR count). The first-order valence-corrected chi connectivity index (χ1v) is 10.4. The number of nitrogens with one attached hydrogen (secondary N) is 1. The highest BCUT2D eigenvalue weighted by Crippen LogP contribution is 2.28. The van der Waals surface area contributed by atoms with E-state index in [4.69, 9.17) is 9.47 Å². The molecule has 2 fully saturated rings. The van der Waals surface area contributed by atoms with Gasteiger partial charge in [0.1, 0.15) is 6.10 Å². The number of amides is 1. The van der Waals surface area contributed by atoms with Gasteiger partial charge in [-0.15, -0.1) is 0 Å². The third kappa shape index (κ3) is 4.71. The predicted molar refractivity (Wildman–Crippen MR) is 95.2 cm³/mol. The maximum atomic E-state index is 13.0. The molecule has 25 heavy (non-hydrogen) atoms. The van der Waals surface area contributed by atoms with E-state index in [2.05, 4.69) is 4.72 Å². The molecular weight excluding hydrogens is 344 g/mol. The third-order valence-electron chi connectivity index (χ3n) is 4.45. The normalized spacial score (nSPS) is 21.9. The van der Waals surface area contributed by atoms with Gasteiger partial charge in [0.25, 0.3) is 5.91 Å². The van der Waals surface area contributed by atoms with E-state index in [0.29, 0.717) is 25.5 Å². The van der Waals surface area contributed by atoms with Crippen molar-refractivity contribution in [1.29, 1.82) is 0 Å². The van der Waals surface area contributed by atoms with E-state index in [9.17, 15) is 13.2 Å². The lowest BCUT2D eigenvalue weighted by molar-refractivity contribution is -0.128. The van der Waals surface area contributed by atoms with Crippen LogP contribution >= 0.6 is 0 Å². The molecule has 0 spiro atoms. The summed E-state index contributed by atoms with van der Waals surface area (Å²) in [5.74, 6) is -0.0202. The second-order valence-corrected chi connectivity index (χ2v) is 8.22. The van der Waals surface area contributed by atoms with Gasteiger partial charge in [-0.3, -0.25) is 9.52 Å². The second kappa shape index (κ2) is 7.72. The van der Waals surface area contributed by atoms with Crippen LogP contribution in [0.2, 0.25) is 0 Å². The highest BCUT2D eigenvalue weighted by Gasteiger charge is 2.34. The van der Waals surface area contributed by atoms with Gasteiger partial charge in [0.15, 0.2) is 0 Å². The van der Waals surface area contributed by atoms with Crippen LogP contribution in [0.1, 0.15) is 25.7 Å². The monoisotopic (exact) mass is 368 g/mol. The van der Waals surface area contributed by atoms with Crippen molar-refractivity contribution in [2.24, 2.45) is 0 Å². The first-order valence-electron chi connectivity index (χ1n) is 8.54. The Morgan fingerprint density at radius 3 is 2.36 bits per heavy atom. The van der Waals surface area contributed by atoms with E-state index in [1.165, 1.54) is 0 Å². The summed E-state index contributed by atoms with van der Waals surface area (Å²) < 4.78 is 36.1. The van der Waals surface area contributed by atoms with Crippen molar-refractivity contribution < 1.29 is 22.7 Å². The highest BCUT2D eigenvalue weighted by molar-refractivity contribution is 7.92. The smallest absolute Gasteiger partial charge is 0.256 e. The molecule has 7 nitrogen and oxygen atoms in total. The quantitative estimate of drug-likeness (QED) is 0.856. The zero-order valence-electron chi connectivity index (χ0n) is 14.3. The fourth-order valence-electron chi connectivity index (χ4n) is 3.29. The summed E-state index contributed by atoms with van der Waals surface area (Å²) in [5.41, 5.74) is 1.23. The van der Waals surface area contributed by atoms with Gasteiger partial charge in [0, 0.05) is 37.2 Å². The zero-order valence-corrected chi connectivity index (χ0v) is 15.1. The Morgan fingerprint density at radius 1 is 1.12 bits per heavy atom. The van der Waals surface area contributed by atoms with Crippen LogP contribution in [0.3, 0.4) is 0 Å². The molecule has 0 bridgehead atoms. The summed E-state index contributed by atoms with van der Waals surface area (Å²) in [6.07, 6.45) is 3.91. The minimum Gasteiger partial charge on any atom is -0.381 e. The summed E-state index contributed by atoms with van der Waals surface area (Å²) in [4.78, 5) is 14.8. The fourth-order valence-corrected chi connectivity index (χ4v) is 3.86. The van der Waals surface area contributed by atoms with Gasteiger partial charge >= 0.3 is 0 Å². The van der Waals surface area contributed by atoms with Crippen LogP contribution in [-0.4, -0.2) is 52.5 Å². The standard InChI is InChI=1S/C17H24N2O5S/c1-25(21,22)18-13-4-6-14(7-5-13)19(15-8-11-23-12-9-15)17(20)16-3-2-10-24-16/h4-7,15-16,18H,2-3,8-12H2,1H3. The Kier molecular flexibility index (Phi) is 5.61. The van der Waals surface area contributed by atoms with Crippen LogP contribution < -0.4 is 9.62 Å². The van der Waals surface area contributed by atoms with E-state index >= 15 is 0 Å². The number of rotatable bonds is 5. The number of nitrogens with zero attached hydrogens (tertiary/aromatic N) is 1. The molecule has 1 aromatic carbocycles. The lowest BCUT2D eigenvalue weighted by Gasteiger charge is -2.35. The van der Waals surface area contributed by atoms with Crippen LogP contribution in [0.25, 0.3) is 0 Å². The van der Waals surface area contributed by atoms with Gasteiger partial charge in [0.05, 0.1) is 6.26 Å². The van der Waals surface area contributed by atoms with Crippen molar-refractivity contribution in [2.45, 2.75) is 37.8 Å². The van der Waals surface area contributed by atoms with E-state index in [1.807, 2.05) is 4.90 Å². The van der Waals surface area contributed by atoms with E-state index in [-0.39, 0.29) is 11.9 Å². The largest absolute Gasteiger partial charge is 0.381 e. The maximum absolute atomic E-state index is 13.0. The summed E-state index contributed by atoms with van der Waals surface area (Å²) in [6, 6.07) is 6.96. The van der Waals surface area contributed by atoms with Crippen LogP contribution in [0.5, 0.6) is 0 Å². The van der Waals surface area contributed by atoms with E-state index < -0.39 is 16.1 Å². The van der Waals surface area contributed by atoms with Crippen LogP contribution in [-0.2, 0) is 24.3 Å². The predicted octanol–water partition coefficient (Wildman–Crippen LogP) is 1.75. The number of hydrogen-bond acceptors (Lipinski definition) is 5. The molecular formula is C17H24N2O5S. The lowest BCUT2D eigenvalue weighted by atomic mass is 10.0. The SMILES string of the molecule is CS(=O)(=O)Nc1ccc(N(C(=O)C2CCCO2)C2CCOCC2)cc1. The number of sulfonamides is 1. The Labute approximate surface area is 148 Å². The molecule has 2 heterocycles. The molecule has 2 aliphatic heterocycles. The van der Waals surface area contributed by atoms with Gasteiger partial charge in [-0.05, 0) is 49.9 Å². The summed E-state index contributed by atoms with van der Waals surface area (Å²) in [5, 5.41) is 0. The van der Waals surface area contributed by atoms with Crippen LogP contribution in [0, 0.1) is 0 Å². The van der Waals surface area contributed by atoms with Crippen molar-refractivity contribution in [1.82, 2.24) is 0 Å². The molecule has 1 N–H and O–H groups in total. The zero-order chi connectivity index (χ0) is 17.9. The van der Waals surface area contributed by atoms with E-state index in [1.54, 1.807) is 24.3 Å². The summed E-state index contributed by atoms with van der Waals surface area (Å²) >= 11 is 0. The van der Waals surface area contributed by atoms with Crippen molar-refractivity contribution >= 4 is 27.3 Å². The number of carbonyl (C=O) groups excluding carboxylic acids is 1. The molecule has 2 aliphatic rings. The summed E-state index contributed by atoms with van der Waals surface area (Å²) in [7, 11) is -3.33. The number of hydrogen-bond donors (Lipinski definition) is 1. The minimum atomic E-state index is -3.33. The molecule has 0 aromatic heterocycles. The van der Waals surface area contributed by atoms with Crippen molar-refractivity contribution in [2.75, 3.05) is 35.7 Å². The highest BCUT2D eigenvalue weighted by atomic mass is 32.2. The third-order valence-corrected chi connectivity index (χ3v) is 5.05. The Balaban J connectivity index is 1.83. The molecule has 2 saturated heterocycles. The van der Waals surface area contributed by atoms with Crippen molar-refractivity contribution in [3.05, 3.63) is 24.3 Å². The van der Waals surface area contributed by atoms with Crippen molar-refractivity contribution in [3.8, 4) is 0 Å². The van der Waals surface area contributed by atoms with Gasteiger partial charge in [0.2, 0.25) is 10.0 Å². The van der Waals surface area contributed by atoms with Crippen LogP contribution in [0.4, 0.5) is 11.4 Å². The molecule has 0 aliphatic carbocycles. The number of carbonyl (C=O) groups is 1. The van der Waals surface area contributed by atoms with Gasteiger partial charge < -0.3 is 14.4 Å². The van der Waals surface area contributed by atoms with Crippen LogP contribution in [0.15, 0.2) is 24.3 Å². The van der Waals surface area contributed by atoms with E-state index in [0.717, 1.165) is 37.6 Å². The van der Waals surface area contributed by atoms with Crippen molar-refractivity contribution in [3.63, 3.8) is 0 Å². The molecule has 0 radical (unpaired) electrons. The minimum absolute atomic E-state index is 0.0202. The average Bonchev–Trinajstić information content (AvgIpc) is 3.11. The number of ether oxygens (including phenoxy) is 2. The fraction of sp³-hybridized carbons (Fsp3) is 0.588. The molecule has 1 amide bonds. The molecule has 1 unspecified atom stereocenters. The first-order chi connectivity index (χ1) is 11.9. The molecule has 1 atom stereocenters. The topological polar surface area (TPSA) is 84.9 Å². The molecule has 1 aromatic rings. The van der Waals surface area contributed by atoms with Gasteiger partial charge in [-0.25, -0.2) is 8.42 Å². The average molecular weight is 368 g/mol. The number of benzene rings is 1. The first kappa shape index (κ1) is 18.2. The molecule has 138 valence electrons. The Hall–Kier alpha value is -1.64. The maximum Gasteiger partial charge on any atom is 0.256 e. The van der Waals surface area contributed by atoms with Gasteiger partial charge in [-0.2, -0.15) is 0 Å². The molecule has 8 heteroatoms. The number of anilines is 2. The van der Waals surface area contributed by atoms with Gasteiger partial charge in [-0.1, -0.05) is 0 Å².